The Morgan fingerprint density at radius 3 is 2.08 bits per heavy atom. The topological polar surface area (TPSA) is 103 Å². The van der Waals surface area contributed by atoms with Crippen LogP contribution in [0.3, 0.4) is 0 Å². The summed E-state index contributed by atoms with van der Waals surface area (Å²) < 4.78 is 3.89. The normalized spacial score (nSPS) is 17.6. The first-order valence-electron chi connectivity index (χ1n) is 13.0. The van der Waals surface area contributed by atoms with Crippen LogP contribution in [0.25, 0.3) is 0 Å². The molecule has 6 nitrogen and oxygen atoms in total. The van der Waals surface area contributed by atoms with E-state index in [1.807, 2.05) is 24.3 Å². The standard InChI is InChI=1S/C29H31N3.C2H5NO2/c30-22-25-15-13-24(14-16-25)8-6-7-19-32-20-17-28(18-21-32)29(23-31,27-11-4-5-12-27)26-9-2-1-3-10-26;1-5-2(3)4/h1-3,9-10,13-16,27-28H,4-5,7,11-12,17-21H2;1H3,(H2,3,4). The van der Waals surface area contributed by atoms with E-state index in [2.05, 4.69) is 69.7 Å². The smallest absolute Gasteiger partial charge is 0.404 e. The summed E-state index contributed by atoms with van der Waals surface area (Å²) in [5.41, 5.74) is 6.96. The molecule has 1 aliphatic heterocycles. The van der Waals surface area contributed by atoms with Crippen LogP contribution >= 0.6 is 0 Å². The summed E-state index contributed by atoms with van der Waals surface area (Å²) in [4.78, 5) is 11.9. The zero-order chi connectivity index (χ0) is 26.5. The fourth-order valence-corrected chi connectivity index (χ4v) is 5.77. The average Bonchev–Trinajstić information content (AvgIpc) is 3.49. The lowest BCUT2D eigenvalue weighted by Gasteiger charge is -2.44. The number of hydrogen-bond donors (Lipinski definition) is 1. The fourth-order valence-electron chi connectivity index (χ4n) is 5.77. The third-order valence-corrected chi connectivity index (χ3v) is 7.67. The Morgan fingerprint density at radius 2 is 1.54 bits per heavy atom. The Balaban J connectivity index is 0.000000695. The summed E-state index contributed by atoms with van der Waals surface area (Å²) in [6.45, 7) is 3.07. The van der Waals surface area contributed by atoms with Crippen LogP contribution in [0.4, 0.5) is 4.79 Å². The van der Waals surface area contributed by atoms with Crippen LogP contribution in [-0.4, -0.2) is 37.7 Å². The largest absolute Gasteiger partial charge is 0.453 e. The predicted octanol–water partition coefficient (Wildman–Crippen LogP) is 5.38. The van der Waals surface area contributed by atoms with E-state index in [1.54, 1.807) is 0 Å². The van der Waals surface area contributed by atoms with Gasteiger partial charge in [-0.3, -0.25) is 0 Å². The van der Waals surface area contributed by atoms with Crippen molar-refractivity contribution >= 4 is 6.09 Å². The number of amides is 1. The number of hydrogen-bond acceptors (Lipinski definition) is 5. The number of rotatable bonds is 5. The maximum absolute atomic E-state index is 10.5. The molecule has 192 valence electrons. The fraction of sp³-hybridized carbons (Fsp3) is 0.452. The quantitative estimate of drug-likeness (QED) is 0.560. The van der Waals surface area contributed by atoms with E-state index >= 15 is 0 Å². The van der Waals surface area contributed by atoms with E-state index < -0.39 is 6.09 Å². The van der Waals surface area contributed by atoms with Gasteiger partial charge < -0.3 is 15.4 Å². The van der Waals surface area contributed by atoms with Crippen LogP contribution in [0.5, 0.6) is 0 Å². The van der Waals surface area contributed by atoms with Gasteiger partial charge in [0.15, 0.2) is 0 Å². The lowest BCUT2D eigenvalue weighted by atomic mass is 9.60. The molecule has 1 amide bonds. The number of benzene rings is 2. The van der Waals surface area contributed by atoms with Crippen LogP contribution in [0.2, 0.25) is 0 Å². The van der Waals surface area contributed by atoms with Crippen molar-refractivity contribution in [3.05, 3.63) is 71.3 Å². The maximum Gasteiger partial charge on any atom is 0.404 e. The molecular weight excluding hydrogens is 460 g/mol. The molecular formula is C31H36N4O2. The third kappa shape index (κ3) is 7.36. The van der Waals surface area contributed by atoms with Crippen molar-refractivity contribution in [2.24, 2.45) is 17.6 Å². The van der Waals surface area contributed by atoms with Crippen molar-refractivity contribution in [1.82, 2.24) is 4.90 Å². The molecule has 1 atom stereocenters. The molecule has 2 aliphatic rings. The molecule has 0 bridgehead atoms. The second-order valence-corrected chi connectivity index (χ2v) is 9.71. The minimum Gasteiger partial charge on any atom is -0.453 e. The number of carbonyl (C=O) groups is 1. The summed E-state index contributed by atoms with van der Waals surface area (Å²) in [6, 6.07) is 23.1. The Hall–Kier alpha value is -3.79. The number of carbonyl (C=O) groups excluding carboxylic acids is 1. The highest BCUT2D eigenvalue weighted by Crippen LogP contribution is 2.49. The minimum atomic E-state index is -0.745. The zero-order valence-corrected chi connectivity index (χ0v) is 21.7. The summed E-state index contributed by atoms with van der Waals surface area (Å²) >= 11 is 0. The molecule has 1 saturated heterocycles. The zero-order valence-electron chi connectivity index (χ0n) is 21.7. The highest BCUT2D eigenvalue weighted by atomic mass is 16.5. The van der Waals surface area contributed by atoms with Gasteiger partial charge in [-0.25, -0.2) is 4.79 Å². The van der Waals surface area contributed by atoms with Crippen LogP contribution < -0.4 is 5.73 Å². The van der Waals surface area contributed by atoms with Crippen LogP contribution in [-0.2, 0) is 10.2 Å². The minimum absolute atomic E-state index is 0.334. The average molecular weight is 497 g/mol. The van der Waals surface area contributed by atoms with E-state index in [4.69, 9.17) is 5.26 Å². The molecule has 2 aromatic carbocycles. The molecule has 1 aliphatic carbocycles. The van der Waals surface area contributed by atoms with E-state index in [-0.39, 0.29) is 5.41 Å². The Morgan fingerprint density at radius 1 is 0.973 bits per heavy atom. The Bertz CT molecular complexity index is 1140. The number of nitriles is 2. The van der Waals surface area contributed by atoms with Crippen molar-refractivity contribution in [2.75, 3.05) is 26.7 Å². The van der Waals surface area contributed by atoms with Gasteiger partial charge in [-0.15, -0.1) is 0 Å². The molecule has 2 fully saturated rings. The second kappa shape index (κ2) is 14.1. The molecule has 1 unspecified atom stereocenters. The van der Waals surface area contributed by atoms with Gasteiger partial charge in [0.25, 0.3) is 0 Å². The van der Waals surface area contributed by atoms with E-state index in [1.165, 1.54) is 38.4 Å². The first kappa shape index (κ1) is 27.8. The molecule has 6 heteroatoms. The first-order valence-corrected chi connectivity index (χ1v) is 13.0. The number of likely N-dealkylation sites (tertiary alicyclic amines) is 1. The molecule has 2 aromatic rings. The highest BCUT2D eigenvalue weighted by Gasteiger charge is 2.48. The monoisotopic (exact) mass is 496 g/mol. The molecule has 0 radical (unpaired) electrons. The van der Waals surface area contributed by atoms with Crippen LogP contribution in [0.1, 0.15) is 61.6 Å². The summed E-state index contributed by atoms with van der Waals surface area (Å²) in [6.07, 6.45) is 7.17. The molecule has 0 aromatic heterocycles. The van der Waals surface area contributed by atoms with Gasteiger partial charge >= 0.3 is 6.09 Å². The number of ether oxygens (including phenoxy) is 1. The summed E-state index contributed by atoms with van der Waals surface area (Å²) in [7, 11) is 1.22. The second-order valence-electron chi connectivity index (χ2n) is 9.71. The molecule has 1 heterocycles. The highest BCUT2D eigenvalue weighted by molar-refractivity contribution is 5.64. The van der Waals surface area contributed by atoms with Crippen molar-refractivity contribution in [1.29, 1.82) is 10.5 Å². The van der Waals surface area contributed by atoms with E-state index in [0.717, 1.165) is 44.5 Å². The van der Waals surface area contributed by atoms with Crippen LogP contribution in [0.15, 0.2) is 54.6 Å². The number of nitrogens with two attached hydrogens (primary N) is 1. The van der Waals surface area contributed by atoms with Gasteiger partial charge in [0.05, 0.1) is 30.2 Å². The maximum atomic E-state index is 10.5. The number of primary amides is 1. The van der Waals surface area contributed by atoms with Crippen molar-refractivity contribution in [3.63, 3.8) is 0 Å². The predicted molar refractivity (Wildman–Crippen MR) is 144 cm³/mol. The molecule has 37 heavy (non-hydrogen) atoms. The first-order chi connectivity index (χ1) is 18.0. The third-order valence-electron chi connectivity index (χ3n) is 7.67. The number of nitrogens with zero attached hydrogens (tertiary/aromatic N) is 3. The molecule has 2 N–H and O–H groups in total. The van der Waals surface area contributed by atoms with Gasteiger partial charge in [-0.1, -0.05) is 55.0 Å². The van der Waals surface area contributed by atoms with Gasteiger partial charge in [0, 0.05) is 18.5 Å². The van der Waals surface area contributed by atoms with Crippen molar-refractivity contribution in [3.8, 4) is 24.0 Å². The molecule has 1 saturated carbocycles. The van der Waals surface area contributed by atoms with Crippen molar-refractivity contribution < 1.29 is 9.53 Å². The van der Waals surface area contributed by atoms with E-state index in [0.29, 0.717) is 17.4 Å². The van der Waals surface area contributed by atoms with Gasteiger partial charge in [-0.2, -0.15) is 10.5 Å². The Labute approximate surface area is 221 Å². The summed E-state index contributed by atoms with van der Waals surface area (Å²) in [5, 5.41) is 19.4. The van der Waals surface area contributed by atoms with Gasteiger partial charge in [0.2, 0.25) is 0 Å². The lowest BCUT2D eigenvalue weighted by molar-refractivity contribution is 0.121. The van der Waals surface area contributed by atoms with Crippen LogP contribution in [0, 0.1) is 46.3 Å². The molecule has 0 spiro atoms. The van der Waals surface area contributed by atoms with Gasteiger partial charge in [0.1, 0.15) is 0 Å². The Kier molecular flexibility index (Phi) is 10.6. The lowest BCUT2D eigenvalue weighted by Crippen LogP contribution is -2.46. The van der Waals surface area contributed by atoms with Crippen molar-refractivity contribution in [2.45, 2.75) is 50.4 Å². The van der Waals surface area contributed by atoms with Gasteiger partial charge in [-0.05, 0) is 80.4 Å². The van der Waals surface area contributed by atoms with E-state index in [9.17, 15) is 10.1 Å². The molecule has 4 rings (SSSR count). The number of methoxy groups -OCH3 is 1. The number of piperidine rings is 1. The SMILES string of the molecule is COC(N)=O.N#Cc1ccc(C#CCCN2CCC(C(C#N)(c3ccccc3)C3CCCC3)CC2)cc1. The summed E-state index contributed by atoms with van der Waals surface area (Å²) in [5.74, 6) is 7.41.